The Morgan fingerprint density at radius 3 is 3.15 bits per heavy atom. The van der Waals surface area contributed by atoms with Gasteiger partial charge in [0.15, 0.2) is 0 Å². The minimum absolute atomic E-state index is 0.554. The van der Waals surface area contributed by atoms with E-state index in [1.165, 1.54) is 0 Å². The Balaban J connectivity index is 2.33. The fourth-order valence-corrected chi connectivity index (χ4v) is 1.69. The number of rotatable bonds is 4. The Morgan fingerprint density at radius 2 is 2.46 bits per heavy atom. The van der Waals surface area contributed by atoms with E-state index in [-0.39, 0.29) is 0 Å². The summed E-state index contributed by atoms with van der Waals surface area (Å²) in [5.41, 5.74) is 6.68. The van der Waals surface area contributed by atoms with Crippen molar-refractivity contribution in [1.29, 1.82) is 5.26 Å². The first-order valence-electron chi connectivity index (χ1n) is 3.98. The van der Waals surface area contributed by atoms with Crippen LogP contribution in [0.25, 0.3) is 0 Å². The molecule has 0 aliphatic carbocycles. The molecule has 0 aliphatic heterocycles. The van der Waals surface area contributed by atoms with Crippen LogP contribution < -0.4 is 5.73 Å². The van der Waals surface area contributed by atoms with Crippen LogP contribution in [0.5, 0.6) is 0 Å². The first-order valence-corrected chi connectivity index (χ1v) is 5.13. The molecule has 0 unspecified atom stereocenters. The van der Waals surface area contributed by atoms with E-state index in [4.69, 9.17) is 11.0 Å². The molecule has 3 nitrogen and oxygen atoms in total. The van der Waals surface area contributed by atoms with Crippen molar-refractivity contribution >= 4 is 17.6 Å². The monoisotopic (exact) mass is 193 g/mol. The number of pyridine rings is 1. The van der Waals surface area contributed by atoms with Gasteiger partial charge in [-0.3, -0.25) is 0 Å². The van der Waals surface area contributed by atoms with Crippen LogP contribution in [0.4, 0.5) is 5.82 Å². The second-order valence-electron chi connectivity index (χ2n) is 2.55. The van der Waals surface area contributed by atoms with Gasteiger partial charge in [-0.1, -0.05) is 0 Å². The lowest BCUT2D eigenvalue weighted by Crippen LogP contribution is -1.91. The van der Waals surface area contributed by atoms with E-state index in [1.54, 1.807) is 18.0 Å². The topological polar surface area (TPSA) is 62.7 Å². The molecule has 0 aliphatic rings. The van der Waals surface area contributed by atoms with Crippen LogP contribution in [-0.4, -0.2) is 10.7 Å². The van der Waals surface area contributed by atoms with E-state index in [9.17, 15) is 0 Å². The summed E-state index contributed by atoms with van der Waals surface area (Å²) >= 11 is 1.73. The number of thioether (sulfide) groups is 1. The first-order chi connectivity index (χ1) is 6.33. The Labute approximate surface area is 82.0 Å². The Hall–Kier alpha value is -1.21. The summed E-state index contributed by atoms with van der Waals surface area (Å²) in [7, 11) is 0. The number of aromatic nitrogens is 1. The van der Waals surface area contributed by atoms with Gasteiger partial charge in [0.05, 0.1) is 6.07 Å². The predicted molar refractivity (Wildman–Crippen MR) is 55.0 cm³/mol. The number of anilines is 1. The molecule has 4 heteroatoms. The van der Waals surface area contributed by atoms with Gasteiger partial charge in [0.2, 0.25) is 0 Å². The second-order valence-corrected chi connectivity index (χ2v) is 3.65. The molecule has 0 spiro atoms. The standard InChI is InChI=1S/C9H11N3S/c10-3-1-5-13-7-8-2-4-12-9(11)6-8/h2,4,6H,1,5,7H2,(H2,11,12). The highest BCUT2D eigenvalue weighted by Gasteiger charge is 1.94. The van der Waals surface area contributed by atoms with Crippen LogP contribution in [0.2, 0.25) is 0 Å². The Bertz CT molecular complexity index is 306. The van der Waals surface area contributed by atoms with Crippen LogP contribution in [0, 0.1) is 11.3 Å². The molecule has 0 radical (unpaired) electrons. The largest absolute Gasteiger partial charge is 0.384 e. The Kier molecular flexibility index (Phi) is 4.13. The SMILES string of the molecule is N#CCCSCc1ccnc(N)c1. The second kappa shape index (κ2) is 5.44. The smallest absolute Gasteiger partial charge is 0.123 e. The van der Waals surface area contributed by atoms with Crippen LogP contribution in [0.3, 0.4) is 0 Å². The van der Waals surface area contributed by atoms with E-state index in [1.807, 2.05) is 12.1 Å². The highest BCUT2D eigenvalue weighted by Crippen LogP contribution is 2.13. The van der Waals surface area contributed by atoms with Gasteiger partial charge in [-0.15, -0.1) is 0 Å². The molecule has 0 atom stereocenters. The summed E-state index contributed by atoms with van der Waals surface area (Å²) < 4.78 is 0. The number of hydrogen-bond acceptors (Lipinski definition) is 4. The van der Waals surface area contributed by atoms with Crippen LogP contribution in [0.15, 0.2) is 18.3 Å². The average molecular weight is 193 g/mol. The fraction of sp³-hybridized carbons (Fsp3) is 0.333. The normalized spacial score (nSPS) is 9.46. The first kappa shape index (κ1) is 9.87. The minimum atomic E-state index is 0.554. The Morgan fingerprint density at radius 1 is 1.62 bits per heavy atom. The number of nitrogen functional groups attached to an aromatic ring is 1. The van der Waals surface area contributed by atoms with Crippen molar-refractivity contribution in [3.8, 4) is 6.07 Å². The zero-order valence-electron chi connectivity index (χ0n) is 7.23. The predicted octanol–water partition coefficient (Wildman–Crippen LogP) is 1.81. The van der Waals surface area contributed by atoms with Crippen molar-refractivity contribution in [3.63, 3.8) is 0 Å². The van der Waals surface area contributed by atoms with E-state index >= 15 is 0 Å². The third kappa shape index (κ3) is 3.81. The van der Waals surface area contributed by atoms with Crippen LogP contribution in [0.1, 0.15) is 12.0 Å². The lowest BCUT2D eigenvalue weighted by atomic mass is 10.3. The maximum atomic E-state index is 8.31. The molecule has 0 aromatic carbocycles. The molecule has 0 saturated heterocycles. The number of nitriles is 1. The van der Waals surface area contributed by atoms with Gasteiger partial charge in [0.1, 0.15) is 5.82 Å². The van der Waals surface area contributed by atoms with Gasteiger partial charge in [-0.05, 0) is 17.7 Å². The molecule has 1 aromatic heterocycles. The molecule has 0 fully saturated rings. The van der Waals surface area contributed by atoms with Gasteiger partial charge in [-0.2, -0.15) is 17.0 Å². The molecule has 1 heterocycles. The maximum absolute atomic E-state index is 8.31. The molecule has 1 aromatic rings. The molecule has 68 valence electrons. The molecular formula is C9H11N3S. The van der Waals surface area contributed by atoms with E-state index < -0.39 is 0 Å². The summed E-state index contributed by atoms with van der Waals surface area (Å²) in [6.45, 7) is 0. The lowest BCUT2D eigenvalue weighted by Gasteiger charge is -1.99. The minimum Gasteiger partial charge on any atom is -0.384 e. The number of hydrogen-bond donors (Lipinski definition) is 1. The van der Waals surface area contributed by atoms with Crippen molar-refractivity contribution in [2.45, 2.75) is 12.2 Å². The van der Waals surface area contributed by atoms with E-state index in [0.29, 0.717) is 12.2 Å². The van der Waals surface area contributed by atoms with Crippen molar-refractivity contribution in [3.05, 3.63) is 23.9 Å². The highest BCUT2D eigenvalue weighted by atomic mass is 32.2. The lowest BCUT2D eigenvalue weighted by molar-refractivity contribution is 1.23. The fourth-order valence-electron chi connectivity index (χ4n) is 0.892. The zero-order valence-corrected chi connectivity index (χ0v) is 8.05. The molecule has 0 bridgehead atoms. The zero-order chi connectivity index (χ0) is 9.52. The maximum Gasteiger partial charge on any atom is 0.123 e. The van der Waals surface area contributed by atoms with E-state index in [2.05, 4.69) is 11.1 Å². The third-order valence-corrected chi connectivity index (χ3v) is 2.50. The van der Waals surface area contributed by atoms with Gasteiger partial charge < -0.3 is 5.73 Å². The molecule has 2 N–H and O–H groups in total. The van der Waals surface area contributed by atoms with Gasteiger partial charge in [-0.25, -0.2) is 4.98 Å². The van der Waals surface area contributed by atoms with Crippen molar-refractivity contribution < 1.29 is 0 Å². The number of nitrogens with zero attached hydrogens (tertiary/aromatic N) is 2. The number of nitrogens with two attached hydrogens (primary N) is 1. The molecule has 13 heavy (non-hydrogen) atoms. The van der Waals surface area contributed by atoms with Gasteiger partial charge in [0.25, 0.3) is 0 Å². The van der Waals surface area contributed by atoms with Gasteiger partial charge >= 0.3 is 0 Å². The van der Waals surface area contributed by atoms with Crippen LogP contribution >= 0.6 is 11.8 Å². The van der Waals surface area contributed by atoms with Gasteiger partial charge in [0, 0.05) is 24.1 Å². The molecule has 0 amide bonds. The van der Waals surface area contributed by atoms with Crippen LogP contribution in [-0.2, 0) is 5.75 Å². The third-order valence-electron chi connectivity index (χ3n) is 1.47. The summed E-state index contributed by atoms with van der Waals surface area (Å²) in [4.78, 5) is 3.90. The molecular weight excluding hydrogens is 182 g/mol. The highest BCUT2D eigenvalue weighted by molar-refractivity contribution is 7.98. The van der Waals surface area contributed by atoms with Crippen molar-refractivity contribution in [1.82, 2.24) is 4.98 Å². The summed E-state index contributed by atoms with van der Waals surface area (Å²) in [5.74, 6) is 2.33. The van der Waals surface area contributed by atoms with Crippen molar-refractivity contribution in [2.24, 2.45) is 0 Å². The molecule has 0 saturated carbocycles. The summed E-state index contributed by atoms with van der Waals surface area (Å²) in [5, 5.41) is 8.31. The van der Waals surface area contributed by atoms with Crippen molar-refractivity contribution in [2.75, 3.05) is 11.5 Å². The van der Waals surface area contributed by atoms with E-state index in [0.717, 1.165) is 17.1 Å². The summed E-state index contributed by atoms with van der Waals surface area (Å²) in [6.07, 6.45) is 2.31. The average Bonchev–Trinajstić information content (AvgIpc) is 2.13. The molecule has 1 rings (SSSR count). The quantitative estimate of drug-likeness (QED) is 0.741. The summed E-state index contributed by atoms with van der Waals surface area (Å²) in [6, 6.07) is 5.91.